The van der Waals surface area contributed by atoms with Gasteiger partial charge in [-0.25, -0.2) is 0 Å². The highest BCUT2D eigenvalue weighted by Crippen LogP contribution is 2.16. The molecule has 2 rings (SSSR count). The van der Waals surface area contributed by atoms with E-state index < -0.39 is 24.4 Å². The van der Waals surface area contributed by atoms with E-state index in [-0.39, 0.29) is 30.2 Å². The van der Waals surface area contributed by atoms with Crippen molar-refractivity contribution < 1.29 is 33.4 Å². The molecule has 1 aromatic rings. The lowest BCUT2D eigenvalue weighted by atomic mass is 10.2. The van der Waals surface area contributed by atoms with Gasteiger partial charge in [0.2, 0.25) is 11.8 Å². The highest BCUT2D eigenvalue weighted by Gasteiger charge is 2.23. The molecule has 0 radical (unpaired) electrons. The van der Waals surface area contributed by atoms with Crippen molar-refractivity contribution in [3.05, 3.63) is 29.8 Å². The molecule has 1 heterocycles. The Balaban J connectivity index is 1.69. The molecule has 1 N–H and O–H groups in total. The number of esters is 1. The first kappa shape index (κ1) is 22.9. The Kier molecular flexibility index (Phi) is 8.33. The quantitative estimate of drug-likeness (QED) is 0.616. The smallest absolute Gasteiger partial charge is 0.306 e. The van der Waals surface area contributed by atoms with E-state index >= 15 is 0 Å². The molecule has 0 atom stereocenters. The van der Waals surface area contributed by atoms with Crippen LogP contribution < -0.4 is 10.1 Å². The number of carbonyl (C=O) groups is 5. The summed E-state index contributed by atoms with van der Waals surface area (Å²) in [6, 6.07) is 6.38. The first-order valence-electron chi connectivity index (χ1n) is 9.48. The van der Waals surface area contributed by atoms with Gasteiger partial charge in [0.25, 0.3) is 11.8 Å². The molecule has 1 fully saturated rings. The normalized spacial score (nSPS) is 13.4. The molecule has 0 spiro atoms. The largest absolute Gasteiger partial charge is 0.496 e. The van der Waals surface area contributed by atoms with Gasteiger partial charge < -0.3 is 19.3 Å². The predicted octanol–water partition coefficient (Wildman–Crippen LogP) is -0.0343. The summed E-state index contributed by atoms with van der Waals surface area (Å²) in [5.74, 6) is -2.12. The molecule has 0 aliphatic carbocycles. The summed E-state index contributed by atoms with van der Waals surface area (Å²) in [5, 5.41) is 2.11. The number of amides is 4. The second kappa shape index (κ2) is 10.9. The number of ether oxygens (including phenoxy) is 2. The van der Waals surface area contributed by atoms with Gasteiger partial charge in [0, 0.05) is 39.5 Å². The van der Waals surface area contributed by atoms with Crippen LogP contribution in [0.25, 0.3) is 0 Å². The number of hydrogen-bond donors (Lipinski definition) is 1. The van der Waals surface area contributed by atoms with E-state index in [2.05, 4.69) is 5.32 Å². The van der Waals surface area contributed by atoms with Gasteiger partial charge in [-0.05, 0) is 12.1 Å². The summed E-state index contributed by atoms with van der Waals surface area (Å²) in [6.07, 6.45) is -0.236. The zero-order valence-corrected chi connectivity index (χ0v) is 17.0. The van der Waals surface area contributed by atoms with E-state index in [1.165, 1.54) is 20.1 Å². The molecule has 0 aromatic heterocycles. The fourth-order valence-electron chi connectivity index (χ4n) is 2.92. The number of imide groups is 1. The number of hydrogen-bond acceptors (Lipinski definition) is 7. The van der Waals surface area contributed by atoms with Gasteiger partial charge in [-0.2, -0.15) is 0 Å². The van der Waals surface area contributed by atoms with Crippen molar-refractivity contribution in [2.45, 2.75) is 19.8 Å². The third kappa shape index (κ3) is 6.57. The van der Waals surface area contributed by atoms with Crippen LogP contribution in [0, 0.1) is 0 Å². The molecule has 10 nitrogen and oxygen atoms in total. The SMILES string of the molecule is COc1ccccc1C(=O)NC(=O)COC(=O)CCC(=O)N1CCN(C(C)=O)CC1. The molecule has 1 aliphatic heterocycles. The maximum Gasteiger partial charge on any atom is 0.306 e. The van der Waals surface area contributed by atoms with E-state index in [4.69, 9.17) is 9.47 Å². The van der Waals surface area contributed by atoms with E-state index in [9.17, 15) is 24.0 Å². The number of methoxy groups -OCH3 is 1. The maximum atomic E-state index is 12.2. The lowest BCUT2D eigenvalue weighted by Gasteiger charge is -2.34. The van der Waals surface area contributed by atoms with Crippen LogP contribution in [0.3, 0.4) is 0 Å². The minimum atomic E-state index is -0.786. The Labute approximate surface area is 174 Å². The van der Waals surface area contributed by atoms with Gasteiger partial charge >= 0.3 is 5.97 Å². The van der Waals surface area contributed by atoms with Crippen LogP contribution in [0.1, 0.15) is 30.1 Å². The van der Waals surface area contributed by atoms with Crippen LogP contribution in [0.2, 0.25) is 0 Å². The fraction of sp³-hybridized carbons (Fsp3) is 0.450. The molecule has 0 bridgehead atoms. The van der Waals surface area contributed by atoms with Gasteiger partial charge in [0.15, 0.2) is 6.61 Å². The molecule has 4 amide bonds. The van der Waals surface area contributed by atoms with Crippen molar-refractivity contribution in [3.8, 4) is 5.75 Å². The summed E-state index contributed by atoms with van der Waals surface area (Å²) >= 11 is 0. The zero-order valence-electron chi connectivity index (χ0n) is 17.0. The zero-order chi connectivity index (χ0) is 22.1. The average molecular weight is 419 g/mol. The third-order valence-electron chi connectivity index (χ3n) is 4.59. The second-order valence-electron chi connectivity index (χ2n) is 6.63. The van der Waals surface area contributed by atoms with Gasteiger partial charge in [-0.15, -0.1) is 0 Å². The summed E-state index contributed by atoms with van der Waals surface area (Å²) < 4.78 is 9.88. The van der Waals surface area contributed by atoms with Crippen molar-refractivity contribution in [2.75, 3.05) is 39.9 Å². The van der Waals surface area contributed by atoms with Crippen LogP contribution in [0.15, 0.2) is 24.3 Å². The highest BCUT2D eigenvalue weighted by atomic mass is 16.5. The Morgan fingerprint density at radius 1 is 0.967 bits per heavy atom. The van der Waals surface area contributed by atoms with Crippen LogP contribution >= 0.6 is 0 Å². The molecule has 1 aromatic carbocycles. The van der Waals surface area contributed by atoms with Crippen LogP contribution in [0.5, 0.6) is 5.75 Å². The summed E-state index contributed by atoms with van der Waals surface area (Å²) in [5.41, 5.74) is 0.176. The van der Waals surface area contributed by atoms with Crippen LogP contribution in [-0.4, -0.2) is 79.3 Å². The molecule has 10 heteroatoms. The highest BCUT2D eigenvalue weighted by molar-refractivity contribution is 6.06. The molecule has 0 unspecified atom stereocenters. The van der Waals surface area contributed by atoms with E-state index in [0.717, 1.165) is 0 Å². The number of para-hydroxylation sites is 1. The second-order valence-corrected chi connectivity index (χ2v) is 6.63. The van der Waals surface area contributed by atoms with Gasteiger partial charge in [-0.1, -0.05) is 12.1 Å². The monoisotopic (exact) mass is 419 g/mol. The maximum absolute atomic E-state index is 12.2. The molecule has 1 aliphatic rings. The first-order valence-corrected chi connectivity index (χ1v) is 9.48. The van der Waals surface area contributed by atoms with Crippen molar-refractivity contribution in [1.82, 2.24) is 15.1 Å². The number of rotatable bonds is 7. The van der Waals surface area contributed by atoms with Gasteiger partial charge in [0.1, 0.15) is 5.75 Å². The Morgan fingerprint density at radius 2 is 1.60 bits per heavy atom. The molecule has 30 heavy (non-hydrogen) atoms. The van der Waals surface area contributed by atoms with Crippen molar-refractivity contribution in [1.29, 1.82) is 0 Å². The van der Waals surface area contributed by atoms with E-state index in [1.54, 1.807) is 28.0 Å². The van der Waals surface area contributed by atoms with Crippen molar-refractivity contribution in [3.63, 3.8) is 0 Å². The molecule has 162 valence electrons. The topological polar surface area (TPSA) is 122 Å². The van der Waals surface area contributed by atoms with Crippen LogP contribution in [0.4, 0.5) is 0 Å². The minimum absolute atomic E-state index is 0.0341. The average Bonchev–Trinajstić information content (AvgIpc) is 2.75. The lowest BCUT2D eigenvalue weighted by Crippen LogP contribution is -2.50. The fourth-order valence-corrected chi connectivity index (χ4v) is 2.92. The van der Waals surface area contributed by atoms with E-state index in [0.29, 0.717) is 31.9 Å². The Hall–Kier alpha value is -3.43. The summed E-state index contributed by atoms with van der Waals surface area (Å²) in [6.45, 7) is 2.61. The first-order chi connectivity index (χ1) is 14.3. The number of piperazine rings is 1. The molecular formula is C20H25N3O7. The number of nitrogens with one attached hydrogen (secondary N) is 1. The molecule has 1 saturated heterocycles. The molecular weight excluding hydrogens is 394 g/mol. The van der Waals surface area contributed by atoms with Crippen LogP contribution in [-0.2, 0) is 23.9 Å². The predicted molar refractivity (Wildman–Crippen MR) is 104 cm³/mol. The Morgan fingerprint density at radius 3 is 2.23 bits per heavy atom. The third-order valence-corrected chi connectivity index (χ3v) is 4.59. The number of carbonyl (C=O) groups excluding carboxylic acids is 5. The van der Waals surface area contributed by atoms with Gasteiger partial charge in [0.05, 0.1) is 19.1 Å². The summed E-state index contributed by atoms with van der Waals surface area (Å²) in [7, 11) is 1.40. The van der Waals surface area contributed by atoms with Crippen molar-refractivity contribution >= 4 is 29.6 Å². The number of benzene rings is 1. The standard InChI is InChI=1S/C20H25N3O7/c1-14(24)22-9-11-23(12-10-22)18(26)7-8-19(27)30-13-17(25)21-20(28)15-5-3-4-6-16(15)29-2/h3-6H,7-13H2,1-2H3,(H,21,25,28). The van der Waals surface area contributed by atoms with Crippen molar-refractivity contribution in [2.24, 2.45) is 0 Å². The van der Waals surface area contributed by atoms with E-state index in [1.807, 2.05) is 0 Å². The minimum Gasteiger partial charge on any atom is -0.496 e. The molecule has 0 saturated carbocycles. The van der Waals surface area contributed by atoms with Gasteiger partial charge in [-0.3, -0.25) is 29.3 Å². The summed E-state index contributed by atoms with van der Waals surface area (Å²) in [4.78, 5) is 62.5. The number of nitrogens with zero attached hydrogens (tertiary/aromatic N) is 2. The lowest BCUT2D eigenvalue weighted by molar-refractivity contribution is -0.150. The Bertz CT molecular complexity index is 816.